The van der Waals surface area contributed by atoms with Crippen molar-refractivity contribution in [3.8, 4) is 0 Å². The number of nitrogens with zero attached hydrogens (tertiary/aromatic N) is 1. The molecule has 0 saturated heterocycles. The molecule has 5 heteroatoms. The fourth-order valence-electron chi connectivity index (χ4n) is 1.77. The van der Waals surface area contributed by atoms with E-state index in [9.17, 15) is 4.79 Å². The van der Waals surface area contributed by atoms with E-state index in [4.69, 9.17) is 5.73 Å². The van der Waals surface area contributed by atoms with Gasteiger partial charge in [-0.15, -0.1) is 11.3 Å². The van der Waals surface area contributed by atoms with Crippen molar-refractivity contribution in [2.45, 2.75) is 13.0 Å². The Balaban J connectivity index is 1.96. The second kappa shape index (κ2) is 6.21. The van der Waals surface area contributed by atoms with Crippen LogP contribution in [0.3, 0.4) is 0 Å². The molecule has 2 N–H and O–H groups in total. The molecule has 1 heterocycles. The SMILES string of the molecule is CN(Cc1cc(Br)cs1)C(=O)Cc1cccc(N)c1. The Hall–Kier alpha value is -1.33. The van der Waals surface area contributed by atoms with Gasteiger partial charge in [-0.3, -0.25) is 4.79 Å². The fraction of sp³-hybridized carbons (Fsp3) is 0.214. The molecule has 3 nitrogen and oxygen atoms in total. The summed E-state index contributed by atoms with van der Waals surface area (Å²) in [6.07, 6.45) is 0.383. The second-order valence-corrected chi connectivity index (χ2v) is 6.31. The number of likely N-dealkylation sites (N-methyl/N-ethyl adjacent to an activating group) is 1. The first kappa shape index (κ1) is 14.1. The molecular formula is C14H15BrN2OS. The third-order valence-electron chi connectivity index (χ3n) is 2.75. The van der Waals surface area contributed by atoms with Crippen molar-refractivity contribution in [1.29, 1.82) is 0 Å². The molecule has 1 amide bonds. The van der Waals surface area contributed by atoms with Crippen molar-refractivity contribution >= 4 is 38.9 Å². The Morgan fingerprint density at radius 1 is 1.42 bits per heavy atom. The maximum absolute atomic E-state index is 12.1. The molecule has 19 heavy (non-hydrogen) atoms. The summed E-state index contributed by atoms with van der Waals surface area (Å²) < 4.78 is 1.06. The van der Waals surface area contributed by atoms with Crippen LogP contribution in [0.15, 0.2) is 40.2 Å². The highest BCUT2D eigenvalue weighted by molar-refractivity contribution is 9.10. The van der Waals surface area contributed by atoms with Crippen LogP contribution in [-0.2, 0) is 17.8 Å². The molecule has 0 bridgehead atoms. The molecule has 100 valence electrons. The van der Waals surface area contributed by atoms with Gasteiger partial charge in [0.2, 0.25) is 5.91 Å². The van der Waals surface area contributed by atoms with Gasteiger partial charge in [0, 0.05) is 27.5 Å². The Morgan fingerprint density at radius 3 is 2.84 bits per heavy atom. The van der Waals surface area contributed by atoms with Gasteiger partial charge < -0.3 is 10.6 Å². The molecule has 0 aliphatic heterocycles. The Labute approximate surface area is 125 Å². The smallest absolute Gasteiger partial charge is 0.227 e. The first-order valence-electron chi connectivity index (χ1n) is 5.86. The monoisotopic (exact) mass is 338 g/mol. The summed E-state index contributed by atoms with van der Waals surface area (Å²) >= 11 is 5.06. The highest BCUT2D eigenvalue weighted by Crippen LogP contribution is 2.21. The third kappa shape index (κ3) is 4.08. The molecule has 0 spiro atoms. The lowest BCUT2D eigenvalue weighted by Gasteiger charge is -2.16. The van der Waals surface area contributed by atoms with Gasteiger partial charge in [0.25, 0.3) is 0 Å². The molecule has 2 rings (SSSR count). The number of thiophene rings is 1. The predicted molar refractivity (Wildman–Crippen MR) is 83.1 cm³/mol. The molecule has 0 saturated carbocycles. The van der Waals surface area contributed by atoms with E-state index in [-0.39, 0.29) is 5.91 Å². The lowest BCUT2D eigenvalue weighted by atomic mass is 10.1. The maximum atomic E-state index is 12.1. The van der Waals surface area contributed by atoms with Gasteiger partial charge >= 0.3 is 0 Å². The van der Waals surface area contributed by atoms with Gasteiger partial charge in [0.1, 0.15) is 0 Å². The third-order valence-corrected chi connectivity index (χ3v) is 4.43. The van der Waals surface area contributed by atoms with Crippen LogP contribution in [0.2, 0.25) is 0 Å². The summed E-state index contributed by atoms with van der Waals surface area (Å²) in [5, 5.41) is 2.02. The largest absolute Gasteiger partial charge is 0.399 e. The molecule has 0 aliphatic rings. The van der Waals surface area contributed by atoms with Crippen LogP contribution in [0.25, 0.3) is 0 Å². The number of rotatable bonds is 4. The lowest BCUT2D eigenvalue weighted by molar-refractivity contribution is -0.129. The van der Waals surface area contributed by atoms with Crippen LogP contribution in [0, 0.1) is 0 Å². The highest BCUT2D eigenvalue weighted by Gasteiger charge is 2.11. The number of nitrogen functional groups attached to an aromatic ring is 1. The molecule has 1 aromatic heterocycles. The molecule has 1 aromatic carbocycles. The number of halogens is 1. The number of carbonyl (C=O) groups is 1. The molecule has 0 atom stereocenters. The highest BCUT2D eigenvalue weighted by atomic mass is 79.9. The Bertz CT molecular complexity index is 582. The topological polar surface area (TPSA) is 46.3 Å². The minimum Gasteiger partial charge on any atom is -0.399 e. The van der Waals surface area contributed by atoms with Crippen LogP contribution in [-0.4, -0.2) is 17.9 Å². The van der Waals surface area contributed by atoms with E-state index < -0.39 is 0 Å². The van der Waals surface area contributed by atoms with E-state index in [0.717, 1.165) is 14.9 Å². The van der Waals surface area contributed by atoms with Gasteiger partial charge in [-0.25, -0.2) is 0 Å². The normalized spacial score (nSPS) is 10.4. The van der Waals surface area contributed by atoms with Crippen LogP contribution in [0.5, 0.6) is 0 Å². The van der Waals surface area contributed by atoms with E-state index in [1.54, 1.807) is 16.2 Å². The fourth-order valence-corrected chi connectivity index (χ4v) is 3.27. The van der Waals surface area contributed by atoms with E-state index in [1.807, 2.05) is 42.8 Å². The van der Waals surface area contributed by atoms with Gasteiger partial charge in [-0.1, -0.05) is 12.1 Å². The lowest BCUT2D eigenvalue weighted by Crippen LogP contribution is -2.27. The number of amides is 1. The second-order valence-electron chi connectivity index (χ2n) is 4.40. The number of carbonyl (C=O) groups excluding carboxylic acids is 1. The molecule has 0 fully saturated rings. The summed E-state index contributed by atoms with van der Waals surface area (Å²) in [5.41, 5.74) is 7.35. The molecule has 2 aromatic rings. The zero-order valence-corrected chi connectivity index (χ0v) is 13.0. The first-order chi connectivity index (χ1) is 9.04. The van der Waals surface area contributed by atoms with Gasteiger partial charge in [-0.05, 0) is 39.7 Å². The van der Waals surface area contributed by atoms with Crippen LogP contribution >= 0.6 is 27.3 Å². The minimum absolute atomic E-state index is 0.0927. The zero-order valence-electron chi connectivity index (χ0n) is 10.6. The predicted octanol–water partition coefficient (Wildman–Crippen LogP) is 3.29. The van der Waals surface area contributed by atoms with Crippen molar-refractivity contribution < 1.29 is 4.79 Å². The Morgan fingerprint density at radius 2 is 2.21 bits per heavy atom. The number of benzene rings is 1. The molecule has 0 unspecified atom stereocenters. The van der Waals surface area contributed by atoms with Crippen molar-refractivity contribution in [3.63, 3.8) is 0 Å². The van der Waals surface area contributed by atoms with Crippen LogP contribution in [0.4, 0.5) is 5.69 Å². The van der Waals surface area contributed by atoms with Gasteiger partial charge in [-0.2, -0.15) is 0 Å². The summed E-state index contributed by atoms with van der Waals surface area (Å²) in [6, 6.07) is 9.49. The van der Waals surface area contributed by atoms with E-state index in [2.05, 4.69) is 15.9 Å². The summed E-state index contributed by atoms with van der Waals surface area (Å²) in [5.74, 6) is 0.0927. The van der Waals surface area contributed by atoms with Crippen molar-refractivity contribution in [3.05, 3.63) is 50.6 Å². The molecule has 0 aliphatic carbocycles. The quantitative estimate of drug-likeness (QED) is 0.869. The van der Waals surface area contributed by atoms with Gasteiger partial charge in [0.05, 0.1) is 13.0 Å². The van der Waals surface area contributed by atoms with E-state index in [0.29, 0.717) is 18.7 Å². The zero-order chi connectivity index (χ0) is 13.8. The Kier molecular flexibility index (Phi) is 4.61. The number of hydrogen-bond donors (Lipinski definition) is 1. The minimum atomic E-state index is 0.0927. The summed E-state index contributed by atoms with van der Waals surface area (Å²) in [7, 11) is 1.82. The molecular weight excluding hydrogens is 324 g/mol. The van der Waals surface area contributed by atoms with E-state index in [1.165, 1.54) is 0 Å². The van der Waals surface area contributed by atoms with Crippen molar-refractivity contribution in [2.75, 3.05) is 12.8 Å². The number of nitrogens with two attached hydrogens (primary N) is 1. The number of hydrogen-bond acceptors (Lipinski definition) is 3. The standard InChI is InChI=1S/C14H15BrN2OS/c1-17(8-13-7-11(15)9-19-13)14(18)6-10-3-2-4-12(16)5-10/h2-5,7,9H,6,8,16H2,1H3. The first-order valence-corrected chi connectivity index (χ1v) is 7.53. The maximum Gasteiger partial charge on any atom is 0.227 e. The van der Waals surface area contributed by atoms with Crippen LogP contribution in [0.1, 0.15) is 10.4 Å². The average Bonchev–Trinajstić information content (AvgIpc) is 2.74. The van der Waals surface area contributed by atoms with E-state index >= 15 is 0 Å². The van der Waals surface area contributed by atoms with Crippen molar-refractivity contribution in [2.24, 2.45) is 0 Å². The molecule has 0 radical (unpaired) electrons. The summed E-state index contributed by atoms with van der Waals surface area (Å²) in [4.78, 5) is 15.0. The number of anilines is 1. The van der Waals surface area contributed by atoms with Gasteiger partial charge in [0.15, 0.2) is 0 Å². The average molecular weight is 339 g/mol. The summed E-state index contributed by atoms with van der Waals surface area (Å²) in [6.45, 7) is 0.636. The van der Waals surface area contributed by atoms with Crippen molar-refractivity contribution in [1.82, 2.24) is 4.90 Å². The van der Waals surface area contributed by atoms with Crippen LogP contribution < -0.4 is 5.73 Å².